The highest BCUT2D eigenvalue weighted by molar-refractivity contribution is 7.26. The number of nitrogens with zero attached hydrogens (tertiary/aromatic N) is 5. The molecule has 5 aromatic heterocycles. The van der Waals surface area contributed by atoms with Gasteiger partial charge in [0.25, 0.3) is 0 Å². The van der Waals surface area contributed by atoms with Crippen LogP contribution in [-0.4, -0.2) is 24.1 Å². The normalized spacial score (nSPS) is 12.0. The van der Waals surface area contributed by atoms with Gasteiger partial charge in [-0.2, -0.15) is 0 Å². The molecule has 12 aromatic rings. The van der Waals surface area contributed by atoms with Crippen molar-refractivity contribution < 1.29 is 0 Å². The van der Waals surface area contributed by atoms with Crippen molar-refractivity contribution in [1.82, 2.24) is 24.1 Å². The SMILES string of the molecule is c1ccc(-c2nc(-c3ccc(-n4c5ccccc5c5c6sc7ncccc7c6c6c(c7ccccc7n6-c6ccccc6)c54)cc3)nc3ccccc23)cc1. The lowest BCUT2D eigenvalue weighted by Gasteiger charge is -2.13. The van der Waals surface area contributed by atoms with Crippen LogP contribution in [0.25, 0.3) is 109 Å². The van der Waals surface area contributed by atoms with Crippen molar-refractivity contribution in [2.24, 2.45) is 0 Å². The fraction of sp³-hybridized carbons (Fsp3) is 0. The maximum absolute atomic E-state index is 5.17. The number of hydrogen-bond acceptors (Lipinski definition) is 4. The van der Waals surface area contributed by atoms with E-state index in [1.54, 1.807) is 11.3 Å². The second-order valence-corrected chi connectivity index (χ2v) is 15.0. The zero-order valence-corrected chi connectivity index (χ0v) is 30.2. The van der Waals surface area contributed by atoms with Crippen LogP contribution in [-0.2, 0) is 0 Å². The van der Waals surface area contributed by atoms with Gasteiger partial charge >= 0.3 is 0 Å². The number of pyridine rings is 1. The molecular formula is C49H29N5S. The monoisotopic (exact) mass is 719 g/mol. The van der Waals surface area contributed by atoms with E-state index in [1.165, 1.54) is 53.6 Å². The Labute approximate surface area is 319 Å². The minimum Gasteiger partial charge on any atom is -0.308 e. The van der Waals surface area contributed by atoms with E-state index < -0.39 is 0 Å². The average Bonchev–Trinajstić information content (AvgIpc) is 3.92. The minimum atomic E-state index is 0.708. The number of rotatable bonds is 4. The van der Waals surface area contributed by atoms with E-state index in [0.29, 0.717) is 5.82 Å². The van der Waals surface area contributed by atoms with Crippen molar-refractivity contribution in [2.45, 2.75) is 0 Å². The molecule has 0 aliphatic heterocycles. The van der Waals surface area contributed by atoms with Crippen LogP contribution in [0.4, 0.5) is 0 Å². The lowest BCUT2D eigenvalue weighted by atomic mass is 10.0. The Bertz CT molecular complexity index is 3470. The highest BCUT2D eigenvalue weighted by Gasteiger charge is 2.27. The maximum atomic E-state index is 5.17. The standard InChI is InChI=1S/C49H29N5S/c1-3-14-30(15-4-1)44-34-18-7-10-22-38(34)51-48(52-44)31-25-27-33(28-26-31)54-40-24-12-9-20-36(40)42-45(54)41-35-19-8-11-23-39(35)53(32-16-5-2-6-17-32)46(41)43-37-21-13-29-50-49(37)55-47(42)43/h1-29H. The third kappa shape index (κ3) is 4.37. The molecule has 0 saturated carbocycles. The second kappa shape index (κ2) is 11.7. The van der Waals surface area contributed by atoms with Crippen LogP contribution >= 0.6 is 11.3 Å². The summed E-state index contributed by atoms with van der Waals surface area (Å²) in [5.41, 5.74) is 10.9. The molecule has 5 nitrogen and oxygen atoms in total. The van der Waals surface area contributed by atoms with Crippen LogP contribution in [0.5, 0.6) is 0 Å². The quantitative estimate of drug-likeness (QED) is 0.182. The highest BCUT2D eigenvalue weighted by atomic mass is 32.1. The number of benzene rings is 7. The molecule has 0 fully saturated rings. The molecule has 0 atom stereocenters. The average molecular weight is 720 g/mol. The van der Waals surface area contributed by atoms with Crippen LogP contribution in [0.2, 0.25) is 0 Å². The van der Waals surface area contributed by atoms with Crippen LogP contribution in [0.3, 0.4) is 0 Å². The summed E-state index contributed by atoms with van der Waals surface area (Å²) in [5.74, 6) is 0.708. The smallest absolute Gasteiger partial charge is 0.160 e. The number of hydrogen-bond donors (Lipinski definition) is 0. The summed E-state index contributed by atoms with van der Waals surface area (Å²) in [5, 5.41) is 8.40. The molecule has 256 valence electrons. The Morgan fingerprint density at radius 1 is 0.418 bits per heavy atom. The van der Waals surface area contributed by atoms with Gasteiger partial charge in [-0.1, -0.05) is 103 Å². The predicted octanol–water partition coefficient (Wildman–Crippen LogP) is 12.9. The number of aromatic nitrogens is 5. The van der Waals surface area contributed by atoms with Gasteiger partial charge in [0.05, 0.1) is 33.3 Å². The molecule has 6 heteroatoms. The highest BCUT2D eigenvalue weighted by Crippen LogP contribution is 2.50. The van der Waals surface area contributed by atoms with Gasteiger partial charge in [-0.3, -0.25) is 0 Å². The summed E-state index contributed by atoms with van der Waals surface area (Å²) < 4.78 is 6.17. The Hall–Kier alpha value is -7.15. The van der Waals surface area contributed by atoms with Crippen molar-refractivity contribution in [3.63, 3.8) is 0 Å². The van der Waals surface area contributed by atoms with Crippen molar-refractivity contribution in [3.8, 4) is 34.0 Å². The Morgan fingerprint density at radius 2 is 0.982 bits per heavy atom. The zero-order chi connectivity index (χ0) is 36.0. The van der Waals surface area contributed by atoms with Crippen molar-refractivity contribution in [2.75, 3.05) is 0 Å². The van der Waals surface area contributed by atoms with Gasteiger partial charge in [0.1, 0.15) is 4.83 Å². The fourth-order valence-electron chi connectivity index (χ4n) is 8.66. The molecule has 7 aromatic carbocycles. The first-order chi connectivity index (χ1) is 27.3. The predicted molar refractivity (Wildman–Crippen MR) is 230 cm³/mol. The van der Waals surface area contributed by atoms with E-state index in [9.17, 15) is 0 Å². The summed E-state index contributed by atoms with van der Waals surface area (Å²) in [7, 11) is 0. The molecular weight excluding hydrogens is 691 g/mol. The molecule has 55 heavy (non-hydrogen) atoms. The molecule has 0 N–H and O–H groups in total. The Morgan fingerprint density at radius 3 is 1.71 bits per heavy atom. The Kier molecular flexibility index (Phi) is 6.44. The third-order valence-corrected chi connectivity index (χ3v) is 12.1. The molecule has 0 spiro atoms. The van der Waals surface area contributed by atoms with Crippen LogP contribution in [0, 0.1) is 0 Å². The number of thiophene rings is 1. The molecule has 5 heterocycles. The molecule has 0 unspecified atom stereocenters. The van der Waals surface area contributed by atoms with Crippen LogP contribution in [0.15, 0.2) is 176 Å². The van der Waals surface area contributed by atoms with Crippen LogP contribution < -0.4 is 0 Å². The van der Waals surface area contributed by atoms with E-state index in [-0.39, 0.29) is 0 Å². The molecule has 0 aliphatic carbocycles. The molecule has 12 rings (SSSR count). The minimum absolute atomic E-state index is 0.708. The molecule has 0 saturated heterocycles. The summed E-state index contributed by atoms with van der Waals surface area (Å²) >= 11 is 1.79. The van der Waals surface area contributed by atoms with E-state index in [0.717, 1.165) is 49.4 Å². The first-order valence-electron chi connectivity index (χ1n) is 18.5. The molecule has 0 amide bonds. The van der Waals surface area contributed by atoms with E-state index in [2.05, 4.69) is 167 Å². The van der Waals surface area contributed by atoms with Crippen molar-refractivity contribution >= 4 is 86.2 Å². The van der Waals surface area contributed by atoms with E-state index in [4.69, 9.17) is 15.0 Å². The lowest BCUT2D eigenvalue weighted by Crippen LogP contribution is -1.97. The van der Waals surface area contributed by atoms with Gasteiger partial charge < -0.3 is 9.13 Å². The topological polar surface area (TPSA) is 48.5 Å². The first-order valence-corrected chi connectivity index (χ1v) is 19.3. The summed E-state index contributed by atoms with van der Waals surface area (Å²) in [6.07, 6.45) is 1.91. The summed E-state index contributed by atoms with van der Waals surface area (Å²) in [4.78, 5) is 16.2. The number of fused-ring (bicyclic) bond motifs is 13. The van der Waals surface area contributed by atoms with Gasteiger partial charge in [0.15, 0.2) is 5.82 Å². The van der Waals surface area contributed by atoms with Crippen molar-refractivity contribution in [3.05, 3.63) is 176 Å². The van der Waals surface area contributed by atoms with Crippen molar-refractivity contribution in [1.29, 1.82) is 0 Å². The maximum Gasteiger partial charge on any atom is 0.160 e. The van der Waals surface area contributed by atoms with E-state index >= 15 is 0 Å². The largest absolute Gasteiger partial charge is 0.308 e. The van der Waals surface area contributed by atoms with Crippen LogP contribution in [0.1, 0.15) is 0 Å². The van der Waals surface area contributed by atoms with Gasteiger partial charge in [0.2, 0.25) is 0 Å². The van der Waals surface area contributed by atoms with Gasteiger partial charge in [0, 0.05) is 71.1 Å². The van der Waals surface area contributed by atoms with Gasteiger partial charge in [-0.15, -0.1) is 11.3 Å². The van der Waals surface area contributed by atoms with Gasteiger partial charge in [-0.05, 0) is 66.7 Å². The molecule has 0 radical (unpaired) electrons. The van der Waals surface area contributed by atoms with E-state index in [1.807, 2.05) is 18.3 Å². The second-order valence-electron chi connectivity index (χ2n) is 14.0. The summed E-state index contributed by atoms with van der Waals surface area (Å²) in [6, 6.07) is 60.2. The number of para-hydroxylation sites is 4. The fourth-order valence-corrected chi connectivity index (χ4v) is 9.87. The summed E-state index contributed by atoms with van der Waals surface area (Å²) in [6.45, 7) is 0. The lowest BCUT2D eigenvalue weighted by molar-refractivity contribution is 1.17. The third-order valence-electron chi connectivity index (χ3n) is 11.0. The molecule has 0 aliphatic rings. The first kappa shape index (κ1) is 30.3. The zero-order valence-electron chi connectivity index (χ0n) is 29.4. The Balaban J connectivity index is 1.18. The van der Waals surface area contributed by atoms with Gasteiger partial charge in [-0.25, -0.2) is 15.0 Å². The molecule has 0 bridgehead atoms.